The molecule has 0 fully saturated rings. The van der Waals surface area contributed by atoms with E-state index in [-0.39, 0.29) is 5.76 Å². The van der Waals surface area contributed by atoms with E-state index in [9.17, 15) is 19.7 Å². The van der Waals surface area contributed by atoms with Crippen molar-refractivity contribution in [1.82, 2.24) is 0 Å². The lowest BCUT2D eigenvalue weighted by molar-refractivity contribution is -0.402. The number of nitrogens with one attached hydrogen (secondary N) is 1. The molecule has 0 aliphatic heterocycles. The van der Waals surface area contributed by atoms with Crippen LogP contribution in [0.15, 0.2) is 34.7 Å². The third-order valence-electron chi connectivity index (χ3n) is 2.97. The molecular formula is C15H14N2O8. The Kier molecular flexibility index (Phi) is 5.56. The number of methoxy groups -OCH3 is 2. The van der Waals surface area contributed by atoms with Crippen molar-refractivity contribution in [3.05, 3.63) is 46.2 Å². The molecule has 0 spiro atoms. The van der Waals surface area contributed by atoms with Gasteiger partial charge in [-0.3, -0.25) is 14.9 Å². The average molecular weight is 350 g/mol. The van der Waals surface area contributed by atoms with Gasteiger partial charge in [0.1, 0.15) is 4.92 Å². The van der Waals surface area contributed by atoms with Crippen molar-refractivity contribution in [3.8, 4) is 11.5 Å². The molecule has 2 rings (SSSR count). The number of hydrogen-bond acceptors (Lipinski definition) is 8. The Bertz CT molecular complexity index is 799. The van der Waals surface area contributed by atoms with Crippen molar-refractivity contribution in [2.45, 2.75) is 0 Å². The zero-order chi connectivity index (χ0) is 18.4. The summed E-state index contributed by atoms with van der Waals surface area (Å²) in [5.74, 6) is -1.66. The smallest absolute Gasteiger partial charge is 0.433 e. The Hall–Kier alpha value is -3.56. The fourth-order valence-electron chi connectivity index (χ4n) is 1.85. The quantitative estimate of drug-likeness (QED) is 0.456. The molecule has 132 valence electrons. The Morgan fingerprint density at radius 1 is 1.16 bits per heavy atom. The Morgan fingerprint density at radius 3 is 2.48 bits per heavy atom. The highest BCUT2D eigenvalue weighted by atomic mass is 16.7. The fourth-order valence-corrected chi connectivity index (χ4v) is 1.85. The first-order valence-corrected chi connectivity index (χ1v) is 6.88. The number of nitrogens with zero attached hydrogens (tertiary/aromatic N) is 1. The molecule has 0 aliphatic carbocycles. The zero-order valence-corrected chi connectivity index (χ0v) is 13.3. The second kappa shape index (κ2) is 7.81. The maximum absolute atomic E-state index is 11.8. The van der Waals surface area contributed by atoms with Crippen LogP contribution >= 0.6 is 0 Å². The summed E-state index contributed by atoms with van der Waals surface area (Å²) in [4.78, 5) is 33.2. The molecule has 1 aromatic heterocycles. The van der Waals surface area contributed by atoms with Crippen LogP contribution in [0.25, 0.3) is 0 Å². The molecule has 10 nitrogen and oxygen atoms in total. The van der Waals surface area contributed by atoms with Gasteiger partial charge in [0, 0.05) is 11.8 Å². The Morgan fingerprint density at radius 2 is 1.88 bits per heavy atom. The van der Waals surface area contributed by atoms with Gasteiger partial charge in [0.25, 0.3) is 5.91 Å². The van der Waals surface area contributed by atoms with Crippen LogP contribution in [0.4, 0.5) is 11.6 Å². The summed E-state index contributed by atoms with van der Waals surface area (Å²) in [6, 6.07) is 6.82. The summed E-state index contributed by atoms with van der Waals surface area (Å²) in [6.45, 7) is -0.596. The predicted molar refractivity (Wildman–Crippen MR) is 83.8 cm³/mol. The highest BCUT2D eigenvalue weighted by Crippen LogP contribution is 2.29. The molecule has 0 aliphatic rings. The Balaban J connectivity index is 1.91. The maximum atomic E-state index is 11.8. The van der Waals surface area contributed by atoms with Crippen LogP contribution in [-0.2, 0) is 9.53 Å². The van der Waals surface area contributed by atoms with Crippen LogP contribution in [0.2, 0.25) is 0 Å². The summed E-state index contributed by atoms with van der Waals surface area (Å²) in [7, 11) is 2.93. The summed E-state index contributed by atoms with van der Waals surface area (Å²) in [5, 5.41) is 13.0. The summed E-state index contributed by atoms with van der Waals surface area (Å²) < 4.78 is 19.6. The molecule has 0 atom stereocenters. The number of ether oxygens (including phenoxy) is 3. The van der Waals surface area contributed by atoms with Crippen molar-refractivity contribution in [2.24, 2.45) is 0 Å². The third kappa shape index (κ3) is 4.47. The molecule has 0 bridgehead atoms. The van der Waals surface area contributed by atoms with E-state index in [1.165, 1.54) is 20.3 Å². The lowest BCUT2D eigenvalue weighted by atomic mass is 10.2. The van der Waals surface area contributed by atoms with E-state index in [1.807, 2.05) is 0 Å². The van der Waals surface area contributed by atoms with E-state index >= 15 is 0 Å². The minimum Gasteiger partial charge on any atom is -0.493 e. The van der Waals surface area contributed by atoms with E-state index < -0.39 is 29.3 Å². The van der Waals surface area contributed by atoms with E-state index in [0.717, 1.165) is 12.1 Å². The monoisotopic (exact) mass is 350 g/mol. The van der Waals surface area contributed by atoms with Gasteiger partial charge in [0.05, 0.1) is 20.3 Å². The lowest BCUT2D eigenvalue weighted by Gasteiger charge is -2.10. The third-order valence-corrected chi connectivity index (χ3v) is 2.97. The van der Waals surface area contributed by atoms with Crippen molar-refractivity contribution in [1.29, 1.82) is 0 Å². The van der Waals surface area contributed by atoms with Crippen LogP contribution in [0, 0.1) is 10.1 Å². The molecule has 1 N–H and O–H groups in total. The molecule has 0 unspecified atom stereocenters. The van der Waals surface area contributed by atoms with Gasteiger partial charge in [-0.25, -0.2) is 4.79 Å². The van der Waals surface area contributed by atoms with Crippen LogP contribution < -0.4 is 14.8 Å². The molecular weight excluding hydrogens is 336 g/mol. The predicted octanol–water partition coefficient (Wildman–Crippen LogP) is 2.00. The van der Waals surface area contributed by atoms with Gasteiger partial charge in [-0.2, -0.15) is 0 Å². The number of hydrogen-bond donors (Lipinski definition) is 1. The van der Waals surface area contributed by atoms with E-state index in [4.69, 9.17) is 14.2 Å². The SMILES string of the molecule is COc1ccc(NC(=O)COC(=O)c2ccc([N+](=O)[O-])o2)cc1OC. The molecule has 0 radical (unpaired) electrons. The number of anilines is 1. The molecule has 0 saturated carbocycles. The summed E-state index contributed by atoms with van der Waals surface area (Å²) in [6.07, 6.45) is 0. The molecule has 1 aromatic carbocycles. The molecule has 10 heteroatoms. The zero-order valence-electron chi connectivity index (χ0n) is 13.3. The van der Waals surface area contributed by atoms with Crippen LogP contribution in [-0.4, -0.2) is 37.6 Å². The number of esters is 1. The number of nitro groups is 1. The van der Waals surface area contributed by atoms with E-state index in [0.29, 0.717) is 17.2 Å². The minimum absolute atomic E-state index is 0.370. The molecule has 2 aromatic rings. The average Bonchev–Trinajstić information content (AvgIpc) is 3.10. The summed E-state index contributed by atoms with van der Waals surface area (Å²) in [5.41, 5.74) is 0.410. The number of amides is 1. The van der Waals surface area contributed by atoms with Crippen molar-refractivity contribution >= 4 is 23.4 Å². The van der Waals surface area contributed by atoms with Gasteiger partial charge in [-0.05, 0) is 18.2 Å². The molecule has 0 saturated heterocycles. The van der Waals surface area contributed by atoms with Gasteiger partial charge in [-0.15, -0.1) is 0 Å². The van der Waals surface area contributed by atoms with Gasteiger partial charge in [0.2, 0.25) is 5.76 Å². The van der Waals surface area contributed by atoms with Crippen LogP contribution in [0.1, 0.15) is 10.6 Å². The first-order chi connectivity index (χ1) is 11.9. The number of carbonyl (C=O) groups is 2. The fraction of sp³-hybridized carbons (Fsp3) is 0.200. The number of benzene rings is 1. The topological polar surface area (TPSA) is 130 Å². The number of carbonyl (C=O) groups excluding carboxylic acids is 2. The van der Waals surface area contributed by atoms with E-state index in [2.05, 4.69) is 9.73 Å². The van der Waals surface area contributed by atoms with E-state index in [1.54, 1.807) is 12.1 Å². The molecule has 1 amide bonds. The largest absolute Gasteiger partial charge is 0.493 e. The van der Waals surface area contributed by atoms with Crippen molar-refractivity contribution in [3.63, 3.8) is 0 Å². The van der Waals surface area contributed by atoms with Crippen molar-refractivity contribution < 1.29 is 33.1 Å². The van der Waals surface area contributed by atoms with Gasteiger partial charge >= 0.3 is 11.9 Å². The second-order valence-corrected chi connectivity index (χ2v) is 4.59. The molecule has 25 heavy (non-hydrogen) atoms. The van der Waals surface area contributed by atoms with Crippen LogP contribution in [0.5, 0.6) is 11.5 Å². The molecule has 1 heterocycles. The van der Waals surface area contributed by atoms with Crippen molar-refractivity contribution in [2.75, 3.05) is 26.1 Å². The first-order valence-electron chi connectivity index (χ1n) is 6.88. The lowest BCUT2D eigenvalue weighted by Crippen LogP contribution is -2.20. The minimum atomic E-state index is -0.990. The normalized spacial score (nSPS) is 10.0. The standard InChI is InChI=1S/C15H14N2O8/c1-22-10-4-3-9(7-12(10)23-2)16-13(18)8-24-15(19)11-5-6-14(25-11)17(20)21/h3-7H,8H2,1-2H3,(H,16,18). The van der Waals surface area contributed by atoms with Gasteiger partial charge in [-0.1, -0.05) is 0 Å². The number of rotatable bonds is 7. The van der Waals surface area contributed by atoms with Gasteiger partial charge in [0.15, 0.2) is 18.1 Å². The highest BCUT2D eigenvalue weighted by Gasteiger charge is 2.19. The summed E-state index contributed by atoms with van der Waals surface area (Å²) >= 11 is 0. The Labute approximate surface area is 141 Å². The van der Waals surface area contributed by atoms with Gasteiger partial charge < -0.3 is 23.9 Å². The number of furan rings is 1. The first kappa shape index (κ1) is 17.8. The second-order valence-electron chi connectivity index (χ2n) is 4.59. The maximum Gasteiger partial charge on any atom is 0.433 e. The highest BCUT2D eigenvalue weighted by molar-refractivity contribution is 5.94. The van der Waals surface area contributed by atoms with Crippen LogP contribution in [0.3, 0.4) is 0 Å².